The maximum atomic E-state index is 14.7. The second kappa shape index (κ2) is 17.0. The first-order chi connectivity index (χ1) is 26.2. The Morgan fingerprint density at radius 2 is 1.73 bits per heavy atom. The zero-order chi connectivity index (χ0) is 39.4. The summed E-state index contributed by atoms with van der Waals surface area (Å²) < 4.78 is 45.3. The lowest BCUT2D eigenvalue weighted by Crippen LogP contribution is -2.51. The summed E-state index contributed by atoms with van der Waals surface area (Å²) in [4.78, 5) is 43.4. The third kappa shape index (κ3) is 9.96. The van der Waals surface area contributed by atoms with Gasteiger partial charge in [0, 0.05) is 49.7 Å². The highest BCUT2D eigenvalue weighted by Crippen LogP contribution is 2.39. The van der Waals surface area contributed by atoms with Gasteiger partial charge in [0.05, 0.1) is 16.5 Å². The minimum Gasteiger partial charge on any atom is -0.486 e. The number of aromatic nitrogens is 1. The molecule has 0 unspecified atom stereocenters. The molecule has 6 rings (SSSR count). The van der Waals surface area contributed by atoms with Crippen LogP contribution in [0.5, 0.6) is 5.75 Å². The quantitative estimate of drug-likeness (QED) is 0.142. The van der Waals surface area contributed by atoms with Crippen LogP contribution in [0.25, 0.3) is 11.3 Å². The highest BCUT2D eigenvalue weighted by atomic mass is 35.5. The highest BCUT2D eigenvalue weighted by Gasteiger charge is 2.43. The first kappa shape index (κ1) is 40.0. The number of rotatable bonds is 12. The van der Waals surface area contributed by atoms with Crippen molar-refractivity contribution in [3.8, 4) is 17.0 Å². The molecule has 14 heteroatoms. The van der Waals surface area contributed by atoms with E-state index in [0.717, 1.165) is 41.7 Å². The number of halogens is 4. The van der Waals surface area contributed by atoms with Gasteiger partial charge in [-0.05, 0) is 93.0 Å². The number of hydrogen-bond acceptors (Lipinski definition) is 7. The van der Waals surface area contributed by atoms with E-state index < -0.39 is 34.3 Å². The Labute approximate surface area is 329 Å². The van der Waals surface area contributed by atoms with Crippen molar-refractivity contribution in [2.75, 3.05) is 13.1 Å². The molecule has 55 heavy (non-hydrogen) atoms. The van der Waals surface area contributed by atoms with Crippen molar-refractivity contribution in [3.05, 3.63) is 105 Å². The first-order valence-corrected chi connectivity index (χ1v) is 19.1. The monoisotopic (exact) mass is 796 g/mol. The number of nitrogens with one attached hydrogen (secondary N) is 1. The van der Waals surface area contributed by atoms with Gasteiger partial charge in [0.25, 0.3) is 0 Å². The fraction of sp³-hybridized carbons (Fsp3) is 0.415. The predicted molar refractivity (Wildman–Crippen MR) is 203 cm³/mol. The van der Waals surface area contributed by atoms with Crippen molar-refractivity contribution in [1.29, 1.82) is 0 Å². The maximum Gasteiger partial charge on any atom is 0.410 e. The lowest BCUT2D eigenvalue weighted by molar-refractivity contribution is -0.139. The number of benzene rings is 3. The van der Waals surface area contributed by atoms with Gasteiger partial charge in [-0.3, -0.25) is 9.59 Å². The van der Waals surface area contributed by atoms with E-state index in [0.29, 0.717) is 43.2 Å². The Morgan fingerprint density at radius 3 is 2.42 bits per heavy atom. The molecule has 1 saturated carbocycles. The minimum atomic E-state index is -0.775. The minimum absolute atomic E-state index is 0.0403. The smallest absolute Gasteiger partial charge is 0.410 e. The van der Waals surface area contributed by atoms with Crippen molar-refractivity contribution >= 4 is 41.1 Å². The summed E-state index contributed by atoms with van der Waals surface area (Å²) in [5.74, 6) is -1.63. The maximum absolute atomic E-state index is 14.7. The van der Waals surface area contributed by atoms with E-state index in [-0.39, 0.29) is 53.9 Å². The van der Waals surface area contributed by atoms with Crippen LogP contribution in [0.15, 0.2) is 65.2 Å². The molecule has 0 bridgehead atoms. The number of nitrogens with zero attached hydrogens (tertiary/aromatic N) is 3. The number of piperidine rings is 1. The summed E-state index contributed by atoms with van der Waals surface area (Å²) in [6.07, 6.45) is 2.18. The van der Waals surface area contributed by atoms with Crippen LogP contribution in [0.4, 0.5) is 13.6 Å². The summed E-state index contributed by atoms with van der Waals surface area (Å²) >= 11 is 12.7. The average Bonchev–Trinajstić information content (AvgIpc) is 3.90. The zero-order valence-corrected chi connectivity index (χ0v) is 32.7. The first-order valence-electron chi connectivity index (χ1n) is 18.3. The number of amides is 3. The molecule has 1 aliphatic heterocycles. The number of carbonyl (C=O) groups is 3. The lowest BCUT2D eigenvalue weighted by atomic mass is 9.79. The summed E-state index contributed by atoms with van der Waals surface area (Å²) in [5.41, 5.74) is 1.72. The van der Waals surface area contributed by atoms with E-state index in [1.54, 1.807) is 30.0 Å². The van der Waals surface area contributed by atoms with Crippen molar-refractivity contribution < 1.29 is 37.2 Å². The van der Waals surface area contributed by atoms with Crippen LogP contribution in [0.1, 0.15) is 81.7 Å². The van der Waals surface area contributed by atoms with Gasteiger partial charge in [-0.25, -0.2) is 13.6 Å². The summed E-state index contributed by atoms with van der Waals surface area (Å²) in [7, 11) is 0. The molecule has 1 aliphatic carbocycles. The van der Waals surface area contributed by atoms with Gasteiger partial charge in [0.1, 0.15) is 35.3 Å². The molecule has 3 aromatic carbocycles. The van der Waals surface area contributed by atoms with Crippen molar-refractivity contribution in [2.45, 2.75) is 90.6 Å². The molecule has 0 radical (unpaired) electrons. The molecule has 2 atom stereocenters. The standard InChI is InChI=1S/C41H44Cl2F2N4O6/c1-5-36(50)46-20-24-6-13-32(42)26(18-24)21-49(27-9-10-27)39(51)31-22-48(40(52)54-41(2,3)4)17-16-30(31)25-7-11-28(12-8-25)53-23-29-19-35(47-55-29)37-33(44)14-15-34(45)38(37)43/h6-8,11-15,18-19,27,30-31H,5,9-10,16-17,20-23H2,1-4H3,(H,46,50)/t30-,31+/m1/s1. The van der Waals surface area contributed by atoms with E-state index >= 15 is 0 Å². The number of carbonyl (C=O) groups excluding carboxylic acids is 3. The highest BCUT2D eigenvalue weighted by molar-refractivity contribution is 6.33. The van der Waals surface area contributed by atoms with Crippen LogP contribution in [0.2, 0.25) is 10.0 Å². The summed E-state index contributed by atoms with van der Waals surface area (Å²) in [5, 5.41) is 6.87. The molecule has 0 spiro atoms. The number of ether oxygens (including phenoxy) is 2. The molecule has 1 aromatic heterocycles. The van der Waals surface area contributed by atoms with E-state index in [9.17, 15) is 23.2 Å². The van der Waals surface area contributed by atoms with E-state index in [2.05, 4.69) is 10.5 Å². The SMILES string of the molecule is CCC(=O)NCc1ccc(Cl)c(CN(C(=O)[C@H]2CN(C(=O)OC(C)(C)C)CC[C@@H]2c2ccc(OCc3cc(-c4c(F)ccc(F)c4Cl)no3)cc2)C2CC2)c1. The molecule has 292 valence electrons. The van der Waals surface area contributed by atoms with Crippen molar-refractivity contribution in [1.82, 2.24) is 20.3 Å². The second-order valence-electron chi connectivity index (χ2n) is 14.9. The number of hydrogen-bond donors (Lipinski definition) is 1. The van der Waals surface area contributed by atoms with Crippen LogP contribution in [-0.4, -0.2) is 57.6 Å². The molecular formula is C41H44Cl2F2N4O6. The fourth-order valence-electron chi connectivity index (χ4n) is 6.67. The van der Waals surface area contributed by atoms with Crippen molar-refractivity contribution in [3.63, 3.8) is 0 Å². The van der Waals surface area contributed by atoms with Gasteiger partial charge in [0.2, 0.25) is 11.8 Å². The van der Waals surface area contributed by atoms with Gasteiger partial charge < -0.3 is 29.1 Å². The molecule has 10 nitrogen and oxygen atoms in total. The molecule has 2 heterocycles. The molecule has 2 fully saturated rings. The summed E-state index contributed by atoms with van der Waals surface area (Å²) in [6.45, 7) is 8.42. The Kier molecular flexibility index (Phi) is 12.4. The van der Waals surface area contributed by atoms with Gasteiger partial charge in [-0.1, -0.05) is 59.5 Å². The Morgan fingerprint density at radius 1 is 1.00 bits per heavy atom. The Hall–Kier alpha value is -4.68. The largest absolute Gasteiger partial charge is 0.486 e. The Balaban J connectivity index is 1.20. The van der Waals surface area contributed by atoms with E-state index in [4.69, 9.17) is 37.2 Å². The van der Waals surface area contributed by atoms with Crippen LogP contribution in [-0.2, 0) is 34.0 Å². The lowest BCUT2D eigenvalue weighted by Gasteiger charge is -2.40. The third-order valence-corrected chi connectivity index (χ3v) is 10.4. The van der Waals surface area contributed by atoms with Gasteiger partial charge in [-0.15, -0.1) is 0 Å². The van der Waals surface area contributed by atoms with E-state index in [1.807, 2.05) is 49.9 Å². The van der Waals surface area contributed by atoms with Crippen LogP contribution >= 0.6 is 23.2 Å². The molecule has 4 aromatic rings. The average molecular weight is 798 g/mol. The second-order valence-corrected chi connectivity index (χ2v) is 15.7. The van der Waals surface area contributed by atoms with Crippen molar-refractivity contribution in [2.24, 2.45) is 5.92 Å². The third-order valence-electron chi connectivity index (χ3n) is 9.66. The molecular weight excluding hydrogens is 753 g/mol. The number of likely N-dealkylation sites (tertiary alicyclic amines) is 1. The topological polar surface area (TPSA) is 114 Å². The summed E-state index contributed by atoms with van der Waals surface area (Å²) in [6, 6.07) is 16.4. The predicted octanol–water partition coefficient (Wildman–Crippen LogP) is 9.06. The van der Waals surface area contributed by atoms with Crippen LogP contribution < -0.4 is 10.1 Å². The van der Waals surface area contributed by atoms with Crippen LogP contribution in [0, 0.1) is 17.6 Å². The fourth-order valence-corrected chi connectivity index (χ4v) is 7.10. The van der Waals surface area contributed by atoms with Gasteiger partial charge in [-0.2, -0.15) is 0 Å². The van der Waals surface area contributed by atoms with Gasteiger partial charge in [0.15, 0.2) is 5.76 Å². The molecule has 1 saturated heterocycles. The molecule has 3 amide bonds. The molecule has 1 N–H and O–H groups in total. The molecule has 2 aliphatic rings. The normalized spacial score (nSPS) is 17.1. The van der Waals surface area contributed by atoms with Crippen LogP contribution in [0.3, 0.4) is 0 Å². The van der Waals surface area contributed by atoms with Gasteiger partial charge >= 0.3 is 6.09 Å². The van der Waals surface area contributed by atoms with E-state index in [1.165, 1.54) is 6.07 Å². The zero-order valence-electron chi connectivity index (χ0n) is 31.2. The Bertz CT molecular complexity index is 2030.